The molecule has 0 fully saturated rings. The maximum atomic E-state index is 6.50. The molecule has 0 radical (unpaired) electrons. The smallest absolute Gasteiger partial charge is 0.231 e. The predicted octanol–water partition coefficient (Wildman–Crippen LogP) is 4.45. The first-order valence-electron chi connectivity index (χ1n) is 10.4. The van der Waals surface area contributed by atoms with Crippen LogP contribution in [0.1, 0.15) is 42.3 Å². The highest BCUT2D eigenvalue weighted by Crippen LogP contribution is 2.51. The van der Waals surface area contributed by atoms with Crippen LogP contribution in [0, 0.1) is 0 Å². The quantitative estimate of drug-likeness (QED) is 0.627. The van der Waals surface area contributed by atoms with Gasteiger partial charge in [-0.3, -0.25) is 4.98 Å². The second kappa shape index (κ2) is 7.19. The van der Waals surface area contributed by atoms with Crippen LogP contribution in [0.2, 0.25) is 0 Å². The van der Waals surface area contributed by atoms with Crippen molar-refractivity contribution in [1.82, 2.24) is 9.99 Å². The molecule has 0 bridgehead atoms. The van der Waals surface area contributed by atoms with E-state index in [0.717, 1.165) is 51.8 Å². The first kappa shape index (κ1) is 18.1. The van der Waals surface area contributed by atoms with Gasteiger partial charge in [-0.15, -0.1) is 0 Å². The number of aromatic nitrogens is 1. The molecular formula is C24H21N3O4. The van der Waals surface area contributed by atoms with Gasteiger partial charge in [0.05, 0.1) is 18.4 Å². The normalized spacial score (nSPS) is 20.5. The molecule has 6 rings (SSSR count). The lowest BCUT2D eigenvalue weighted by molar-refractivity contribution is -0.0212. The number of fused-ring (bicyclic) bond motifs is 4. The fourth-order valence-corrected chi connectivity index (χ4v) is 4.35. The molecule has 3 aliphatic heterocycles. The summed E-state index contributed by atoms with van der Waals surface area (Å²) in [4.78, 5) is 4.15. The highest BCUT2D eigenvalue weighted by molar-refractivity contribution is 6.02. The predicted molar refractivity (Wildman–Crippen MR) is 114 cm³/mol. The van der Waals surface area contributed by atoms with Crippen molar-refractivity contribution in [2.75, 3.05) is 13.4 Å². The van der Waals surface area contributed by atoms with Gasteiger partial charge in [0.15, 0.2) is 23.0 Å². The second-order valence-corrected chi connectivity index (χ2v) is 7.57. The second-order valence-electron chi connectivity index (χ2n) is 7.57. The zero-order chi connectivity index (χ0) is 20.8. The van der Waals surface area contributed by atoms with E-state index in [1.54, 1.807) is 12.4 Å². The summed E-state index contributed by atoms with van der Waals surface area (Å²) in [6, 6.07) is 16.0. The Morgan fingerprint density at radius 2 is 1.94 bits per heavy atom. The van der Waals surface area contributed by atoms with Gasteiger partial charge in [-0.05, 0) is 43.3 Å². The maximum absolute atomic E-state index is 6.50. The van der Waals surface area contributed by atoms with Gasteiger partial charge in [-0.2, -0.15) is 5.10 Å². The van der Waals surface area contributed by atoms with Gasteiger partial charge in [0.25, 0.3) is 0 Å². The van der Waals surface area contributed by atoms with Crippen LogP contribution in [-0.2, 0) is 0 Å². The zero-order valence-electron chi connectivity index (χ0n) is 17.0. The average Bonchev–Trinajstić information content (AvgIpc) is 3.46. The number of pyridine rings is 1. The Labute approximate surface area is 179 Å². The van der Waals surface area contributed by atoms with Crippen LogP contribution in [0.5, 0.6) is 23.0 Å². The molecule has 156 valence electrons. The van der Waals surface area contributed by atoms with E-state index in [9.17, 15) is 0 Å². The molecule has 0 N–H and O–H groups in total. The molecule has 2 atom stereocenters. The first-order valence-corrected chi connectivity index (χ1v) is 10.4. The zero-order valence-corrected chi connectivity index (χ0v) is 17.0. The van der Waals surface area contributed by atoms with Crippen molar-refractivity contribution < 1.29 is 18.9 Å². The maximum Gasteiger partial charge on any atom is 0.231 e. The van der Waals surface area contributed by atoms with Crippen LogP contribution in [0.3, 0.4) is 0 Å². The minimum Gasteiger partial charge on any atom is -0.490 e. The molecule has 0 spiro atoms. The van der Waals surface area contributed by atoms with Gasteiger partial charge in [0.1, 0.15) is 0 Å². The van der Waals surface area contributed by atoms with Gasteiger partial charge in [-0.25, -0.2) is 5.01 Å². The Morgan fingerprint density at radius 1 is 1.06 bits per heavy atom. The largest absolute Gasteiger partial charge is 0.490 e. The van der Waals surface area contributed by atoms with E-state index in [-0.39, 0.29) is 19.1 Å². The topological polar surface area (TPSA) is 65.4 Å². The van der Waals surface area contributed by atoms with Crippen LogP contribution in [-0.4, -0.2) is 29.1 Å². The number of para-hydroxylation sites is 1. The van der Waals surface area contributed by atoms with Crippen molar-refractivity contribution in [3.63, 3.8) is 0 Å². The summed E-state index contributed by atoms with van der Waals surface area (Å²) in [6.07, 6.45) is 3.94. The van der Waals surface area contributed by atoms with E-state index in [0.29, 0.717) is 6.61 Å². The van der Waals surface area contributed by atoms with Crippen LogP contribution < -0.4 is 18.9 Å². The molecule has 7 heteroatoms. The Morgan fingerprint density at radius 3 is 2.81 bits per heavy atom. The minimum absolute atomic E-state index is 0.0442. The van der Waals surface area contributed by atoms with E-state index in [4.69, 9.17) is 24.0 Å². The lowest BCUT2D eigenvalue weighted by Crippen LogP contribution is -2.33. The molecule has 0 aliphatic carbocycles. The molecule has 7 nitrogen and oxygen atoms in total. The third-order valence-corrected chi connectivity index (χ3v) is 5.78. The molecule has 0 saturated heterocycles. The number of rotatable bonds is 4. The molecule has 0 amide bonds. The average molecular weight is 415 g/mol. The molecule has 2 aromatic carbocycles. The van der Waals surface area contributed by atoms with E-state index < -0.39 is 0 Å². The number of ether oxygens (including phenoxy) is 4. The van der Waals surface area contributed by atoms with Crippen LogP contribution in [0.4, 0.5) is 0 Å². The van der Waals surface area contributed by atoms with Crippen molar-refractivity contribution in [3.05, 3.63) is 77.6 Å². The van der Waals surface area contributed by atoms with E-state index in [1.165, 1.54) is 0 Å². The monoisotopic (exact) mass is 415 g/mol. The lowest BCUT2D eigenvalue weighted by Gasteiger charge is -2.38. The summed E-state index contributed by atoms with van der Waals surface area (Å²) >= 11 is 0. The summed E-state index contributed by atoms with van der Waals surface area (Å²) in [5, 5.41) is 7.05. The first-order chi connectivity index (χ1) is 15.3. The third kappa shape index (κ3) is 2.96. The summed E-state index contributed by atoms with van der Waals surface area (Å²) < 4.78 is 23.4. The van der Waals surface area contributed by atoms with Crippen molar-refractivity contribution in [3.8, 4) is 23.0 Å². The van der Waals surface area contributed by atoms with Crippen LogP contribution >= 0.6 is 0 Å². The minimum atomic E-state index is -0.367. The number of hydrogen-bond donors (Lipinski definition) is 0. The van der Waals surface area contributed by atoms with Crippen molar-refractivity contribution in [1.29, 1.82) is 0 Å². The van der Waals surface area contributed by atoms with Crippen molar-refractivity contribution >= 4 is 5.71 Å². The molecule has 4 heterocycles. The van der Waals surface area contributed by atoms with Gasteiger partial charge in [0.2, 0.25) is 13.0 Å². The molecular weight excluding hydrogens is 394 g/mol. The Balaban J connectivity index is 1.44. The Kier molecular flexibility index (Phi) is 4.19. The fourth-order valence-electron chi connectivity index (χ4n) is 4.35. The molecule has 3 aromatic rings. The third-order valence-electron chi connectivity index (χ3n) is 5.78. The van der Waals surface area contributed by atoms with Gasteiger partial charge >= 0.3 is 0 Å². The standard InChI is InChI=1S/C24H21N3O4/c1-2-28-21-5-3-4-17-19-13-18(16-6-7-20-22(12-16)30-14-29-20)26-27(19)24(31-23(17)21)15-8-10-25-11-9-15/h3-12,19,24H,2,13-14H2,1H3/t19-,24-/m1/s1. The number of hydrazone groups is 1. The number of nitrogens with zero attached hydrogens (tertiary/aromatic N) is 3. The van der Waals surface area contributed by atoms with Crippen LogP contribution in [0.25, 0.3) is 0 Å². The number of benzene rings is 2. The molecule has 0 saturated carbocycles. The van der Waals surface area contributed by atoms with Crippen molar-refractivity contribution in [2.24, 2.45) is 5.10 Å². The fraction of sp³-hybridized carbons (Fsp3) is 0.250. The molecule has 3 aliphatic rings. The lowest BCUT2D eigenvalue weighted by atomic mass is 9.95. The highest BCUT2D eigenvalue weighted by atomic mass is 16.7. The number of hydrogen-bond acceptors (Lipinski definition) is 7. The molecule has 31 heavy (non-hydrogen) atoms. The molecule has 0 unspecified atom stereocenters. The summed E-state index contributed by atoms with van der Waals surface area (Å²) in [5.74, 6) is 3.07. The highest BCUT2D eigenvalue weighted by Gasteiger charge is 2.42. The SMILES string of the molecule is CCOc1cccc2c1O[C@H](c1ccncc1)N1N=C(c3ccc4c(c3)OCO4)C[C@H]21. The van der Waals surface area contributed by atoms with Crippen molar-refractivity contribution in [2.45, 2.75) is 25.6 Å². The van der Waals surface area contributed by atoms with Gasteiger partial charge in [0, 0.05) is 35.5 Å². The summed E-state index contributed by atoms with van der Waals surface area (Å²) in [7, 11) is 0. The van der Waals surface area contributed by atoms with E-state index >= 15 is 0 Å². The Bertz CT molecular complexity index is 1160. The van der Waals surface area contributed by atoms with E-state index in [2.05, 4.69) is 11.1 Å². The summed E-state index contributed by atoms with van der Waals surface area (Å²) in [5.41, 5.74) is 4.08. The van der Waals surface area contributed by atoms with E-state index in [1.807, 2.05) is 54.4 Å². The van der Waals surface area contributed by atoms with Gasteiger partial charge < -0.3 is 18.9 Å². The van der Waals surface area contributed by atoms with Gasteiger partial charge in [-0.1, -0.05) is 12.1 Å². The van der Waals surface area contributed by atoms with Crippen LogP contribution in [0.15, 0.2) is 66.0 Å². The molecule has 1 aromatic heterocycles. The summed E-state index contributed by atoms with van der Waals surface area (Å²) in [6.45, 7) is 2.81. The Hall–Kier alpha value is -3.74.